The highest BCUT2D eigenvalue weighted by Gasteiger charge is 2.06. The summed E-state index contributed by atoms with van der Waals surface area (Å²) in [6.07, 6.45) is 0. The fourth-order valence-corrected chi connectivity index (χ4v) is 0.911. The van der Waals surface area contributed by atoms with Crippen molar-refractivity contribution in [2.45, 2.75) is 0 Å². The van der Waals surface area contributed by atoms with Crippen molar-refractivity contribution in [1.29, 1.82) is 0 Å². The van der Waals surface area contributed by atoms with E-state index in [1.807, 2.05) is 0 Å². The number of rotatable bonds is 4. The van der Waals surface area contributed by atoms with Crippen molar-refractivity contribution in [3.63, 3.8) is 0 Å². The molecule has 0 saturated carbocycles. The molecule has 1 aromatic rings. The van der Waals surface area contributed by atoms with Crippen molar-refractivity contribution in [1.82, 2.24) is 15.5 Å². The van der Waals surface area contributed by atoms with E-state index in [0.717, 1.165) is 0 Å². The molecular weight excluding hydrogens is 212 g/mol. The first kappa shape index (κ1) is 11.9. The molecule has 0 aliphatic heterocycles. The van der Waals surface area contributed by atoms with Crippen LogP contribution in [0.3, 0.4) is 0 Å². The minimum absolute atomic E-state index is 0.00447. The lowest BCUT2D eigenvalue weighted by Crippen LogP contribution is -2.20. The van der Waals surface area contributed by atoms with Crippen molar-refractivity contribution >= 4 is 17.7 Å². The number of esters is 1. The number of carbonyl (C=O) groups excluding carboxylic acids is 2. The van der Waals surface area contributed by atoms with Gasteiger partial charge in [0.1, 0.15) is 12.4 Å². The Labute approximate surface area is 92.2 Å². The van der Waals surface area contributed by atoms with E-state index in [2.05, 4.69) is 25.6 Å². The van der Waals surface area contributed by atoms with Gasteiger partial charge in [-0.25, -0.2) is 0 Å². The van der Waals surface area contributed by atoms with Crippen LogP contribution in [0, 0.1) is 0 Å². The van der Waals surface area contributed by atoms with Crippen LogP contribution in [-0.2, 0) is 9.53 Å². The highest BCUT2D eigenvalue weighted by molar-refractivity contribution is 5.91. The molecule has 16 heavy (non-hydrogen) atoms. The molecule has 1 amide bonds. The van der Waals surface area contributed by atoms with E-state index >= 15 is 0 Å². The van der Waals surface area contributed by atoms with Gasteiger partial charge >= 0.3 is 5.97 Å². The number of methoxy groups -OCH3 is 1. The summed E-state index contributed by atoms with van der Waals surface area (Å²) in [5.74, 6) is -0.317. The molecule has 1 heterocycles. The van der Waals surface area contributed by atoms with E-state index in [4.69, 9.17) is 0 Å². The summed E-state index contributed by atoms with van der Waals surface area (Å²) in [4.78, 5) is 21.9. The molecule has 0 unspecified atom stereocenters. The molecule has 0 radical (unpaired) electrons. The second-order valence-corrected chi connectivity index (χ2v) is 2.81. The molecule has 0 aromatic carbocycles. The zero-order valence-corrected chi connectivity index (χ0v) is 8.98. The van der Waals surface area contributed by atoms with Crippen LogP contribution >= 0.6 is 0 Å². The lowest BCUT2D eigenvalue weighted by Gasteiger charge is -2.03. The standard InChI is InChI=1S/C9H12N4O3/c1-10-9(15)6-3-4-7(13-12-6)11-5-8(14)16-2/h3-4H,5H2,1-2H3,(H,10,15)(H,11,13). The van der Waals surface area contributed by atoms with Crippen molar-refractivity contribution < 1.29 is 14.3 Å². The summed E-state index contributed by atoms with van der Waals surface area (Å²) in [5.41, 5.74) is 0.214. The van der Waals surface area contributed by atoms with Crippen LogP contribution in [0.5, 0.6) is 0 Å². The molecule has 7 heteroatoms. The number of nitrogens with one attached hydrogen (secondary N) is 2. The van der Waals surface area contributed by atoms with Gasteiger partial charge in [0.05, 0.1) is 7.11 Å². The Bertz CT molecular complexity index is 377. The maximum atomic E-state index is 11.1. The zero-order valence-electron chi connectivity index (χ0n) is 8.98. The van der Waals surface area contributed by atoms with E-state index in [-0.39, 0.29) is 18.1 Å². The summed E-state index contributed by atoms with van der Waals surface area (Å²) in [6, 6.07) is 3.06. The number of ether oxygens (including phenoxy) is 1. The first-order valence-electron chi connectivity index (χ1n) is 4.54. The van der Waals surface area contributed by atoms with Gasteiger partial charge in [0, 0.05) is 7.05 Å². The topological polar surface area (TPSA) is 93.2 Å². The molecule has 2 N–H and O–H groups in total. The highest BCUT2D eigenvalue weighted by atomic mass is 16.5. The number of hydrogen-bond acceptors (Lipinski definition) is 6. The third-order valence-electron chi connectivity index (χ3n) is 1.77. The van der Waals surface area contributed by atoms with Gasteiger partial charge in [0.15, 0.2) is 5.69 Å². The maximum absolute atomic E-state index is 11.1. The number of anilines is 1. The summed E-state index contributed by atoms with van der Waals surface area (Å²) < 4.78 is 4.44. The molecule has 0 spiro atoms. The van der Waals surface area contributed by atoms with Gasteiger partial charge in [-0.3, -0.25) is 9.59 Å². The van der Waals surface area contributed by atoms with Crippen LogP contribution in [0.4, 0.5) is 5.82 Å². The van der Waals surface area contributed by atoms with Crippen LogP contribution in [0.15, 0.2) is 12.1 Å². The smallest absolute Gasteiger partial charge is 0.325 e. The van der Waals surface area contributed by atoms with Crippen LogP contribution in [0.2, 0.25) is 0 Å². The Morgan fingerprint density at radius 2 is 2.12 bits per heavy atom. The Kier molecular flexibility index (Phi) is 4.19. The van der Waals surface area contributed by atoms with Crippen molar-refractivity contribution in [3.8, 4) is 0 Å². The first-order chi connectivity index (χ1) is 7.67. The Morgan fingerprint density at radius 3 is 2.62 bits per heavy atom. The third kappa shape index (κ3) is 3.19. The molecule has 0 atom stereocenters. The number of hydrogen-bond donors (Lipinski definition) is 2. The number of carbonyl (C=O) groups is 2. The van der Waals surface area contributed by atoms with E-state index in [0.29, 0.717) is 5.82 Å². The van der Waals surface area contributed by atoms with E-state index in [1.165, 1.54) is 20.2 Å². The van der Waals surface area contributed by atoms with Crippen LogP contribution in [0.1, 0.15) is 10.5 Å². The Balaban J connectivity index is 2.58. The lowest BCUT2D eigenvalue weighted by molar-refractivity contribution is -0.138. The average molecular weight is 224 g/mol. The normalized spacial score (nSPS) is 9.38. The molecule has 0 saturated heterocycles. The molecular formula is C9H12N4O3. The first-order valence-corrected chi connectivity index (χ1v) is 4.54. The number of nitrogens with zero attached hydrogens (tertiary/aromatic N) is 2. The minimum Gasteiger partial charge on any atom is -0.468 e. The minimum atomic E-state index is -0.405. The van der Waals surface area contributed by atoms with Crippen LogP contribution in [-0.4, -0.2) is 42.8 Å². The summed E-state index contributed by atoms with van der Waals surface area (Å²) >= 11 is 0. The van der Waals surface area contributed by atoms with Gasteiger partial charge in [-0.2, -0.15) is 0 Å². The molecule has 0 bridgehead atoms. The molecule has 1 rings (SSSR count). The molecule has 7 nitrogen and oxygen atoms in total. The third-order valence-corrected chi connectivity index (χ3v) is 1.77. The largest absolute Gasteiger partial charge is 0.468 e. The van der Waals surface area contributed by atoms with Gasteiger partial charge in [-0.15, -0.1) is 10.2 Å². The molecule has 0 fully saturated rings. The maximum Gasteiger partial charge on any atom is 0.325 e. The van der Waals surface area contributed by atoms with Gasteiger partial charge in [0.25, 0.3) is 5.91 Å². The average Bonchev–Trinajstić information content (AvgIpc) is 2.35. The zero-order chi connectivity index (χ0) is 12.0. The molecule has 0 aliphatic carbocycles. The monoisotopic (exact) mass is 224 g/mol. The quantitative estimate of drug-likeness (QED) is 0.665. The van der Waals surface area contributed by atoms with Crippen molar-refractivity contribution in [2.75, 3.05) is 26.0 Å². The Morgan fingerprint density at radius 1 is 1.38 bits per heavy atom. The lowest BCUT2D eigenvalue weighted by atomic mass is 10.3. The van der Waals surface area contributed by atoms with Crippen molar-refractivity contribution in [2.24, 2.45) is 0 Å². The number of amides is 1. The predicted octanol–water partition coefficient (Wildman–Crippen LogP) is -0.579. The summed E-state index contributed by atoms with van der Waals surface area (Å²) in [7, 11) is 2.80. The van der Waals surface area contributed by atoms with Crippen molar-refractivity contribution in [3.05, 3.63) is 17.8 Å². The van der Waals surface area contributed by atoms with Gasteiger partial charge in [-0.05, 0) is 12.1 Å². The van der Waals surface area contributed by atoms with E-state index in [9.17, 15) is 9.59 Å². The fraction of sp³-hybridized carbons (Fsp3) is 0.333. The van der Waals surface area contributed by atoms with E-state index in [1.54, 1.807) is 6.07 Å². The second kappa shape index (κ2) is 5.64. The Hall–Kier alpha value is -2.18. The molecule has 1 aromatic heterocycles. The number of aromatic nitrogens is 2. The van der Waals surface area contributed by atoms with Crippen LogP contribution < -0.4 is 10.6 Å². The summed E-state index contributed by atoms with van der Waals surface area (Å²) in [5, 5.41) is 12.5. The highest BCUT2D eigenvalue weighted by Crippen LogP contribution is 2.01. The molecule has 86 valence electrons. The second-order valence-electron chi connectivity index (χ2n) is 2.81. The fourth-order valence-electron chi connectivity index (χ4n) is 0.911. The van der Waals surface area contributed by atoms with Gasteiger partial charge < -0.3 is 15.4 Å². The van der Waals surface area contributed by atoms with Crippen LogP contribution in [0.25, 0.3) is 0 Å². The van der Waals surface area contributed by atoms with Gasteiger partial charge in [-0.1, -0.05) is 0 Å². The SMILES string of the molecule is CNC(=O)c1ccc(NCC(=O)OC)nn1. The van der Waals surface area contributed by atoms with Gasteiger partial charge in [0.2, 0.25) is 0 Å². The predicted molar refractivity (Wildman–Crippen MR) is 55.9 cm³/mol. The van der Waals surface area contributed by atoms with E-state index < -0.39 is 5.97 Å². The summed E-state index contributed by atoms with van der Waals surface area (Å²) in [6.45, 7) is 0.00447. The molecule has 0 aliphatic rings.